The van der Waals surface area contributed by atoms with Gasteiger partial charge in [0, 0.05) is 15.2 Å². The molecule has 0 aliphatic carbocycles. The molecule has 0 aliphatic heterocycles. The molecule has 0 radical (unpaired) electrons. The van der Waals surface area contributed by atoms with Gasteiger partial charge in [0.2, 0.25) is 0 Å². The van der Waals surface area contributed by atoms with Crippen molar-refractivity contribution >= 4 is 37.9 Å². The second-order valence-corrected chi connectivity index (χ2v) is 6.24. The molecule has 4 rings (SSSR count). The van der Waals surface area contributed by atoms with Crippen LogP contribution >= 0.6 is 15.9 Å². The highest BCUT2D eigenvalue weighted by Crippen LogP contribution is 2.33. The summed E-state index contributed by atoms with van der Waals surface area (Å²) in [6.07, 6.45) is 0. The Kier molecular flexibility index (Phi) is 2.86. The molecule has 102 valence electrons. The number of hydrogen-bond donors (Lipinski definition) is 0. The predicted molar refractivity (Wildman–Crippen MR) is 91.6 cm³/mol. The summed E-state index contributed by atoms with van der Waals surface area (Å²) in [6.45, 7) is 2.12. The van der Waals surface area contributed by atoms with E-state index in [4.69, 9.17) is 4.42 Å². The molecule has 0 bridgehead atoms. The first-order valence-electron chi connectivity index (χ1n) is 6.89. The SMILES string of the molecule is Cc1cccc(-c2ccc3oc4ccc(Br)cc4c3c2)c1. The summed E-state index contributed by atoms with van der Waals surface area (Å²) in [6, 6.07) is 21.1. The maximum atomic E-state index is 5.90. The summed E-state index contributed by atoms with van der Waals surface area (Å²) < 4.78 is 6.97. The summed E-state index contributed by atoms with van der Waals surface area (Å²) >= 11 is 3.53. The van der Waals surface area contributed by atoms with Gasteiger partial charge in [-0.3, -0.25) is 0 Å². The van der Waals surface area contributed by atoms with Crippen LogP contribution in [-0.4, -0.2) is 0 Å². The molecule has 4 aromatic rings. The van der Waals surface area contributed by atoms with Crippen molar-refractivity contribution < 1.29 is 4.42 Å². The summed E-state index contributed by atoms with van der Waals surface area (Å²) in [5.41, 5.74) is 5.58. The minimum atomic E-state index is 0.926. The quantitative estimate of drug-likeness (QED) is 0.396. The average Bonchev–Trinajstić information content (AvgIpc) is 2.84. The number of aryl methyl sites for hydroxylation is 1. The molecule has 2 heteroatoms. The molecule has 3 aromatic carbocycles. The highest BCUT2D eigenvalue weighted by Gasteiger charge is 2.08. The zero-order valence-electron chi connectivity index (χ0n) is 11.6. The fourth-order valence-corrected chi connectivity index (χ4v) is 3.11. The van der Waals surface area contributed by atoms with Crippen LogP contribution in [0, 0.1) is 6.92 Å². The summed E-state index contributed by atoms with van der Waals surface area (Å²) in [4.78, 5) is 0. The van der Waals surface area contributed by atoms with Crippen LogP contribution in [0.5, 0.6) is 0 Å². The normalized spacial score (nSPS) is 11.3. The van der Waals surface area contributed by atoms with E-state index in [0.717, 1.165) is 26.4 Å². The lowest BCUT2D eigenvalue weighted by atomic mass is 10.0. The second kappa shape index (κ2) is 4.74. The van der Waals surface area contributed by atoms with Gasteiger partial charge in [0.1, 0.15) is 11.2 Å². The minimum Gasteiger partial charge on any atom is -0.456 e. The molecule has 0 unspecified atom stereocenters. The monoisotopic (exact) mass is 336 g/mol. The molecule has 0 fully saturated rings. The van der Waals surface area contributed by atoms with Gasteiger partial charge in [-0.15, -0.1) is 0 Å². The fraction of sp³-hybridized carbons (Fsp3) is 0.0526. The number of rotatable bonds is 1. The van der Waals surface area contributed by atoms with E-state index < -0.39 is 0 Å². The Morgan fingerprint density at radius 2 is 1.48 bits per heavy atom. The van der Waals surface area contributed by atoms with Crippen molar-refractivity contribution in [2.24, 2.45) is 0 Å². The smallest absolute Gasteiger partial charge is 0.135 e. The van der Waals surface area contributed by atoms with Crippen LogP contribution in [0.2, 0.25) is 0 Å². The van der Waals surface area contributed by atoms with E-state index in [-0.39, 0.29) is 0 Å². The van der Waals surface area contributed by atoms with E-state index >= 15 is 0 Å². The van der Waals surface area contributed by atoms with Gasteiger partial charge in [-0.2, -0.15) is 0 Å². The van der Waals surface area contributed by atoms with Crippen LogP contribution in [0.1, 0.15) is 5.56 Å². The highest BCUT2D eigenvalue weighted by molar-refractivity contribution is 9.10. The van der Waals surface area contributed by atoms with Crippen LogP contribution in [0.15, 0.2) is 69.6 Å². The van der Waals surface area contributed by atoms with Crippen molar-refractivity contribution in [3.63, 3.8) is 0 Å². The van der Waals surface area contributed by atoms with Crippen molar-refractivity contribution in [2.75, 3.05) is 0 Å². The Morgan fingerprint density at radius 1 is 0.762 bits per heavy atom. The van der Waals surface area contributed by atoms with E-state index in [1.807, 2.05) is 12.1 Å². The van der Waals surface area contributed by atoms with Gasteiger partial charge < -0.3 is 4.42 Å². The molecule has 0 aliphatic rings. The summed E-state index contributed by atoms with van der Waals surface area (Å²) in [7, 11) is 0. The Morgan fingerprint density at radius 3 is 2.29 bits per heavy atom. The largest absolute Gasteiger partial charge is 0.456 e. The van der Waals surface area contributed by atoms with Crippen LogP contribution in [-0.2, 0) is 0 Å². The molecule has 0 N–H and O–H groups in total. The van der Waals surface area contributed by atoms with Crippen molar-refractivity contribution in [1.82, 2.24) is 0 Å². The standard InChI is InChI=1S/C19H13BrO/c1-12-3-2-4-13(9-12)14-5-7-18-16(10-14)17-11-15(20)6-8-19(17)21-18/h2-11H,1H3. The van der Waals surface area contributed by atoms with Crippen LogP contribution < -0.4 is 0 Å². The molecule has 21 heavy (non-hydrogen) atoms. The van der Waals surface area contributed by atoms with Gasteiger partial charge in [-0.05, 0) is 48.4 Å². The average molecular weight is 337 g/mol. The van der Waals surface area contributed by atoms with Crippen molar-refractivity contribution in [3.8, 4) is 11.1 Å². The van der Waals surface area contributed by atoms with Crippen LogP contribution in [0.3, 0.4) is 0 Å². The van der Waals surface area contributed by atoms with Gasteiger partial charge in [0.25, 0.3) is 0 Å². The molecule has 0 saturated carbocycles. The molecule has 1 nitrogen and oxygen atoms in total. The van der Waals surface area contributed by atoms with Crippen LogP contribution in [0.4, 0.5) is 0 Å². The van der Waals surface area contributed by atoms with E-state index in [2.05, 4.69) is 71.4 Å². The first kappa shape index (κ1) is 12.7. The maximum absolute atomic E-state index is 5.90. The lowest BCUT2D eigenvalue weighted by Crippen LogP contribution is -1.79. The van der Waals surface area contributed by atoms with E-state index in [9.17, 15) is 0 Å². The molecule has 0 atom stereocenters. The number of hydrogen-bond acceptors (Lipinski definition) is 1. The third-order valence-corrected chi connectivity index (χ3v) is 4.28. The zero-order valence-corrected chi connectivity index (χ0v) is 13.1. The van der Waals surface area contributed by atoms with Gasteiger partial charge in [-0.1, -0.05) is 51.8 Å². The van der Waals surface area contributed by atoms with E-state index in [1.165, 1.54) is 16.7 Å². The number of benzene rings is 3. The molecular formula is C19H13BrO. The molecule has 0 amide bonds. The molecule has 0 spiro atoms. The van der Waals surface area contributed by atoms with Gasteiger partial charge in [-0.25, -0.2) is 0 Å². The number of fused-ring (bicyclic) bond motifs is 3. The topological polar surface area (TPSA) is 13.1 Å². The summed E-state index contributed by atoms with van der Waals surface area (Å²) in [5.74, 6) is 0. The Bertz CT molecular complexity index is 966. The molecular weight excluding hydrogens is 324 g/mol. The lowest BCUT2D eigenvalue weighted by molar-refractivity contribution is 0.669. The van der Waals surface area contributed by atoms with E-state index in [0.29, 0.717) is 0 Å². The van der Waals surface area contributed by atoms with Crippen molar-refractivity contribution in [3.05, 3.63) is 70.7 Å². The Hall–Kier alpha value is -2.06. The van der Waals surface area contributed by atoms with Crippen LogP contribution in [0.25, 0.3) is 33.1 Å². The highest BCUT2D eigenvalue weighted by atomic mass is 79.9. The second-order valence-electron chi connectivity index (χ2n) is 5.32. The van der Waals surface area contributed by atoms with Crippen molar-refractivity contribution in [2.45, 2.75) is 6.92 Å². The number of halogens is 1. The Labute approximate surface area is 131 Å². The lowest BCUT2D eigenvalue weighted by Gasteiger charge is -2.03. The fourth-order valence-electron chi connectivity index (χ4n) is 2.75. The van der Waals surface area contributed by atoms with Crippen molar-refractivity contribution in [1.29, 1.82) is 0 Å². The molecule has 1 aromatic heterocycles. The van der Waals surface area contributed by atoms with Gasteiger partial charge >= 0.3 is 0 Å². The molecule has 1 heterocycles. The first-order chi connectivity index (χ1) is 10.2. The first-order valence-corrected chi connectivity index (χ1v) is 7.69. The van der Waals surface area contributed by atoms with Gasteiger partial charge in [0.05, 0.1) is 0 Å². The maximum Gasteiger partial charge on any atom is 0.135 e. The van der Waals surface area contributed by atoms with E-state index in [1.54, 1.807) is 0 Å². The minimum absolute atomic E-state index is 0.926. The molecule has 0 saturated heterocycles. The Balaban J connectivity index is 2.00. The third kappa shape index (κ3) is 2.16. The predicted octanol–water partition coefficient (Wildman–Crippen LogP) is 6.32. The number of furan rings is 1. The zero-order chi connectivity index (χ0) is 14.4. The summed E-state index contributed by atoms with van der Waals surface area (Å²) in [5, 5.41) is 2.30. The van der Waals surface area contributed by atoms with Gasteiger partial charge in [0.15, 0.2) is 0 Å². The third-order valence-electron chi connectivity index (χ3n) is 3.78.